The molecule has 3 rings (SSSR count). The molecule has 1 saturated heterocycles. The minimum atomic E-state index is -0.442. The molecule has 2 saturated carbocycles. The standard InChI is InChI=1S/C18H28O4/c1-17(2,21-11-9-13-6-4-5-7-13)16-15(20-3)14(19)8-10-18(16)12-22-18/h9,15-16H,4-8,10-12H2,1-3H3/t15-,16-,18+/m1/s1. The highest BCUT2D eigenvalue weighted by atomic mass is 16.6. The van der Waals surface area contributed by atoms with E-state index in [4.69, 9.17) is 14.2 Å². The highest BCUT2D eigenvalue weighted by molar-refractivity contribution is 5.85. The minimum Gasteiger partial charge on any atom is -0.373 e. The van der Waals surface area contributed by atoms with Crippen LogP contribution < -0.4 is 0 Å². The summed E-state index contributed by atoms with van der Waals surface area (Å²) in [5.41, 5.74) is 0.859. The molecule has 1 spiro atoms. The molecule has 3 atom stereocenters. The second-order valence-corrected chi connectivity index (χ2v) is 7.44. The van der Waals surface area contributed by atoms with Gasteiger partial charge < -0.3 is 14.2 Å². The Morgan fingerprint density at radius 3 is 2.59 bits per heavy atom. The topological polar surface area (TPSA) is 48.1 Å². The Balaban J connectivity index is 1.70. The SMILES string of the molecule is CO[C@@H]1C(=O)CC[C@]2(CO2)[C@H]1C(C)(C)OCC=C1CCCC1. The largest absolute Gasteiger partial charge is 0.373 e. The van der Waals surface area contributed by atoms with E-state index >= 15 is 0 Å². The molecule has 1 heterocycles. The van der Waals surface area contributed by atoms with Gasteiger partial charge in [0.2, 0.25) is 0 Å². The van der Waals surface area contributed by atoms with Gasteiger partial charge in [0, 0.05) is 13.5 Å². The zero-order valence-corrected chi connectivity index (χ0v) is 14.0. The molecule has 1 aliphatic heterocycles. The molecule has 3 fully saturated rings. The van der Waals surface area contributed by atoms with Crippen LogP contribution in [-0.4, -0.2) is 43.4 Å². The predicted molar refractivity (Wildman–Crippen MR) is 83.8 cm³/mol. The monoisotopic (exact) mass is 308 g/mol. The van der Waals surface area contributed by atoms with Crippen LogP contribution in [0.5, 0.6) is 0 Å². The maximum atomic E-state index is 12.2. The van der Waals surface area contributed by atoms with Gasteiger partial charge in [-0.15, -0.1) is 0 Å². The maximum Gasteiger partial charge on any atom is 0.162 e. The summed E-state index contributed by atoms with van der Waals surface area (Å²) >= 11 is 0. The minimum absolute atomic E-state index is 0.0340. The van der Waals surface area contributed by atoms with Crippen molar-refractivity contribution in [3.05, 3.63) is 11.6 Å². The first kappa shape index (κ1) is 16.2. The van der Waals surface area contributed by atoms with Gasteiger partial charge in [0.1, 0.15) is 11.7 Å². The maximum absolute atomic E-state index is 12.2. The van der Waals surface area contributed by atoms with Gasteiger partial charge in [-0.1, -0.05) is 11.6 Å². The first-order chi connectivity index (χ1) is 10.5. The molecule has 3 aliphatic rings. The van der Waals surface area contributed by atoms with Gasteiger partial charge in [0.15, 0.2) is 5.78 Å². The number of rotatable bonds is 5. The highest BCUT2D eigenvalue weighted by Gasteiger charge is 2.63. The third-order valence-electron chi connectivity index (χ3n) is 5.57. The predicted octanol–water partition coefficient (Wildman–Crippen LogP) is 3.05. The Kier molecular flexibility index (Phi) is 4.45. The molecule has 0 aromatic rings. The molecule has 0 unspecified atom stereocenters. The zero-order chi connectivity index (χ0) is 15.8. The number of ether oxygens (including phenoxy) is 3. The lowest BCUT2D eigenvalue weighted by Crippen LogP contribution is -2.56. The van der Waals surface area contributed by atoms with Gasteiger partial charge in [0.05, 0.1) is 24.7 Å². The lowest BCUT2D eigenvalue weighted by molar-refractivity contribution is -0.161. The number of Topliss-reactive ketones (excluding diaryl/α,β-unsaturated/α-hetero) is 1. The summed E-state index contributed by atoms with van der Waals surface area (Å²) in [5.74, 6) is 0.146. The van der Waals surface area contributed by atoms with Gasteiger partial charge in [-0.3, -0.25) is 4.79 Å². The summed E-state index contributed by atoms with van der Waals surface area (Å²) in [5, 5.41) is 0. The summed E-state index contributed by atoms with van der Waals surface area (Å²) in [6.45, 7) is 5.47. The number of epoxide rings is 1. The van der Waals surface area contributed by atoms with Crippen molar-refractivity contribution in [1.29, 1.82) is 0 Å². The Hall–Kier alpha value is -0.710. The first-order valence-corrected chi connectivity index (χ1v) is 8.50. The van der Waals surface area contributed by atoms with Crippen molar-refractivity contribution in [2.24, 2.45) is 5.92 Å². The molecule has 0 amide bonds. The average molecular weight is 308 g/mol. The van der Waals surface area contributed by atoms with Crippen LogP contribution in [-0.2, 0) is 19.0 Å². The van der Waals surface area contributed by atoms with E-state index in [0.717, 1.165) is 13.0 Å². The fourth-order valence-electron chi connectivity index (χ4n) is 4.27. The molecule has 0 aromatic heterocycles. The highest BCUT2D eigenvalue weighted by Crippen LogP contribution is 2.51. The Morgan fingerprint density at radius 1 is 1.32 bits per heavy atom. The third kappa shape index (κ3) is 3.01. The number of allylic oxidation sites excluding steroid dienone is 1. The van der Waals surface area contributed by atoms with Crippen molar-refractivity contribution in [2.75, 3.05) is 20.3 Å². The van der Waals surface area contributed by atoms with Crippen molar-refractivity contribution in [3.8, 4) is 0 Å². The summed E-state index contributed by atoms with van der Waals surface area (Å²) in [6, 6.07) is 0. The van der Waals surface area contributed by atoms with Gasteiger partial charge in [-0.05, 0) is 46.0 Å². The van der Waals surface area contributed by atoms with Crippen molar-refractivity contribution in [2.45, 2.75) is 69.7 Å². The molecule has 22 heavy (non-hydrogen) atoms. The number of hydrogen-bond acceptors (Lipinski definition) is 4. The molecule has 4 heteroatoms. The van der Waals surface area contributed by atoms with E-state index in [2.05, 4.69) is 19.9 Å². The summed E-state index contributed by atoms with van der Waals surface area (Å²) in [6.07, 6.45) is 8.18. The van der Waals surface area contributed by atoms with E-state index in [-0.39, 0.29) is 17.3 Å². The number of carbonyl (C=O) groups is 1. The van der Waals surface area contributed by atoms with Crippen molar-refractivity contribution in [3.63, 3.8) is 0 Å². The molecule has 0 N–H and O–H groups in total. The van der Waals surface area contributed by atoms with Crippen LogP contribution in [0.25, 0.3) is 0 Å². The quantitative estimate of drug-likeness (QED) is 0.578. The number of methoxy groups -OCH3 is 1. The summed E-state index contributed by atoms with van der Waals surface area (Å²) in [7, 11) is 1.62. The lowest BCUT2D eigenvalue weighted by atomic mass is 9.68. The molecule has 0 radical (unpaired) electrons. The fraction of sp³-hybridized carbons (Fsp3) is 0.833. The van der Waals surface area contributed by atoms with Crippen LogP contribution in [0.4, 0.5) is 0 Å². The Morgan fingerprint density at radius 2 is 2.00 bits per heavy atom. The molecule has 2 aliphatic carbocycles. The molecular weight excluding hydrogens is 280 g/mol. The van der Waals surface area contributed by atoms with Crippen LogP contribution in [0.15, 0.2) is 11.6 Å². The lowest BCUT2D eigenvalue weighted by Gasteiger charge is -2.44. The third-order valence-corrected chi connectivity index (χ3v) is 5.57. The molecule has 4 nitrogen and oxygen atoms in total. The van der Waals surface area contributed by atoms with Crippen molar-refractivity contribution >= 4 is 5.78 Å². The van der Waals surface area contributed by atoms with E-state index < -0.39 is 11.7 Å². The second kappa shape index (κ2) is 6.06. The van der Waals surface area contributed by atoms with Crippen molar-refractivity contribution in [1.82, 2.24) is 0 Å². The van der Waals surface area contributed by atoms with Gasteiger partial charge >= 0.3 is 0 Å². The van der Waals surface area contributed by atoms with Crippen LogP contribution in [0.3, 0.4) is 0 Å². The summed E-state index contributed by atoms with van der Waals surface area (Å²) < 4.78 is 17.5. The molecular formula is C18H28O4. The van der Waals surface area contributed by atoms with Crippen LogP contribution in [0.2, 0.25) is 0 Å². The van der Waals surface area contributed by atoms with E-state index in [1.807, 2.05) is 0 Å². The Bertz CT molecular complexity index is 454. The van der Waals surface area contributed by atoms with Crippen LogP contribution in [0, 0.1) is 5.92 Å². The van der Waals surface area contributed by atoms with Crippen molar-refractivity contribution < 1.29 is 19.0 Å². The fourth-order valence-corrected chi connectivity index (χ4v) is 4.27. The normalized spacial score (nSPS) is 35.2. The van der Waals surface area contributed by atoms with Crippen LogP contribution in [0.1, 0.15) is 52.4 Å². The number of hydrogen-bond donors (Lipinski definition) is 0. The average Bonchev–Trinajstić information content (AvgIpc) is 3.04. The number of carbonyl (C=O) groups excluding carboxylic acids is 1. The van der Waals surface area contributed by atoms with Gasteiger partial charge in [-0.25, -0.2) is 0 Å². The zero-order valence-electron chi connectivity index (χ0n) is 14.0. The molecule has 0 aromatic carbocycles. The first-order valence-electron chi connectivity index (χ1n) is 8.50. The second-order valence-electron chi connectivity index (χ2n) is 7.44. The Labute approximate surface area is 133 Å². The molecule has 0 bridgehead atoms. The number of ketones is 1. The summed E-state index contributed by atoms with van der Waals surface area (Å²) in [4.78, 5) is 12.2. The van der Waals surface area contributed by atoms with Crippen LogP contribution >= 0.6 is 0 Å². The van der Waals surface area contributed by atoms with Gasteiger partial charge in [0.25, 0.3) is 0 Å². The van der Waals surface area contributed by atoms with Gasteiger partial charge in [-0.2, -0.15) is 0 Å². The van der Waals surface area contributed by atoms with E-state index in [1.165, 1.54) is 31.3 Å². The van der Waals surface area contributed by atoms with E-state index in [9.17, 15) is 4.79 Å². The smallest absolute Gasteiger partial charge is 0.162 e. The molecule has 124 valence electrons. The van der Waals surface area contributed by atoms with E-state index in [0.29, 0.717) is 13.0 Å². The van der Waals surface area contributed by atoms with E-state index in [1.54, 1.807) is 7.11 Å².